The number of nitrogens with two attached hydrogens (primary N) is 2. The van der Waals surface area contributed by atoms with Gasteiger partial charge in [-0.3, -0.25) is 19.5 Å². The van der Waals surface area contributed by atoms with Crippen molar-refractivity contribution in [3.05, 3.63) is 35.9 Å². The van der Waals surface area contributed by atoms with Crippen molar-refractivity contribution in [2.24, 2.45) is 16.5 Å². The number of aldehydes is 1. The molecule has 0 unspecified atom stereocenters. The number of likely N-dealkylation sites (tertiary alicyclic amines) is 1. The summed E-state index contributed by atoms with van der Waals surface area (Å²) in [6.07, 6.45) is 3.10. The van der Waals surface area contributed by atoms with Gasteiger partial charge in [-0.05, 0) is 51.7 Å². The maximum Gasteiger partial charge on any atom is 0.243 e. The van der Waals surface area contributed by atoms with Crippen LogP contribution in [0.4, 0.5) is 0 Å². The number of rotatable bonds is 11. The van der Waals surface area contributed by atoms with Crippen LogP contribution in [0, 0.1) is 0 Å². The minimum absolute atomic E-state index is 0.0266. The van der Waals surface area contributed by atoms with E-state index < -0.39 is 18.1 Å². The number of nitrogens with zero attached hydrogens (tertiary/aromatic N) is 3. The van der Waals surface area contributed by atoms with Gasteiger partial charge in [0.1, 0.15) is 12.3 Å². The Bertz CT molecular complexity index is 803. The van der Waals surface area contributed by atoms with Crippen LogP contribution in [0.25, 0.3) is 0 Å². The van der Waals surface area contributed by atoms with E-state index in [1.165, 1.54) is 9.80 Å². The molecule has 1 aliphatic rings. The van der Waals surface area contributed by atoms with Crippen molar-refractivity contribution in [1.82, 2.24) is 15.1 Å². The van der Waals surface area contributed by atoms with Crippen LogP contribution in [-0.2, 0) is 20.8 Å². The summed E-state index contributed by atoms with van der Waals surface area (Å²) in [7, 11) is -0.388. The molecule has 1 saturated heterocycles. The van der Waals surface area contributed by atoms with Gasteiger partial charge in [0.05, 0.1) is 12.1 Å². The molecule has 5 N–H and O–H groups in total. The van der Waals surface area contributed by atoms with Gasteiger partial charge >= 0.3 is 0 Å². The highest BCUT2D eigenvalue weighted by Gasteiger charge is 2.38. The molecule has 0 aromatic heterocycles. The standard InChI is InChI=1S/C22H34N6O3/c1-27(2)19(14-16-8-4-3-5-9-16)21(31)28-13-7-11-18(28)20(30)26-17(15-29)10-6-12-25-22(23)24/h3-5,8-9,15,17-19H,6-7,10-14H2,1-2H3,(H,26,30)(H4,23,24,25)/t17-,18-,19-/m0/s1/i1D,2D. The molecule has 9 heteroatoms. The van der Waals surface area contributed by atoms with Gasteiger partial charge in [-0.25, -0.2) is 0 Å². The molecular weight excluding hydrogens is 396 g/mol. The number of carbonyl (C=O) groups excluding carboxylic acids is 3. The molecule has 9 nitrogen and oxygen atoms in total. The van der Waals surface area contributed by atoms with Crippen molar-refractivity contribution in [1.29, 1.82) is 0 Å². The Labute approximate surface area is 186 Å². The van der Waals surface area contributed by atoms with E-state index in [-0.39, 0.29) is 31.8 Å². The molecule has 1 aliphatic heterocycles. The molecule has 1 aromatic carbocycles. The molecule has 1 fully saturated rings. The van der Waals surface area contributed by atoms with Crippen LogP contribution < -0.4 is 16.8 Å². The zero-order chi connectivity index (χ0) is 24.2. The second kappa shape index (κ2) is 12.0. The average Bonchev–Trinajstić information content (AvgIpc) is 3.31. The molecule has 3 atom stereocenters. The first-order valence-corrected chi connectivity index (χ1v) is 10.4. The van der Waals surface area contributed by atoms with Gasteiger partial charge in [-0.2, -0.15) is 0 Å². The highest BCUT2D eigenvalue weighted by atomic mass is 16.2. The van der Waals surface area contributed by atoms with Crippen molar-refractivity contribution >= 4 is 24.1 Å². The summed E-state index contributed by atoms with van der Waals surface area (Å²) < 4.78 is 15.5. The number of likely N-dealkylation sites (N-methyl/N-ethyl adjacent to an activating group) is 1. The van der Waals surface area contributed by atoms with Crippen molar-refractivity contribution in [2.75, 3.05) is 27.1 Å². The average molecular weight is 433 g/mol. The number of hydrogen-bond acceptors (Lipinski definition) is 5. The van der Waals surface area contributed by atoms with E-state index in [1.54, 1.807) is 0 Å². The first-order chi connectivity index (χ1) is 15.9. The van der Waals surface area contributed by atoms with Gasteiger partial charge in [0.2, 0.25) is 11.8 Å². The van der Waals surface area contributed by atoms with Crippen LogP contribution in [0.5, 0.6) is 0 Å². The van der Waals surface area contributed by atoms with Crippen LogP contribution in [0.2, 0.25) is 0 Å². The third-order valence-electron chi connectivity index (χ3n) is 5.30. The lowest BCUT2D eigenvalue weighted by atomic mass is 10.0. The lowest BCUT2D eigenvalue weighted by molar-refractivity contribution is -0.142. The van der Waals surface area contributed by atoms with Gasteiger partial charge in [0, 0.05) is 15.8 Å². The molecule has 0 radical (unpaired) electrons. The van der Waals surface area contributed by atoms with E-state index in [2.05, 4.69) is 10.3 Å². The summed E-state index contributed by atoms with van der Waals surface area (Å²) in [6, 6.07) is 7.35. The molecule has 0 aliphatic carbocycles. The number of hydrogen-bond donors (Lipinski definition) is 3. The fourth-order valence-corrected chi connectivity index (χ4v) is 3.68. The molecule has 1 aromatic rings. The number of benzene rings is 1. The zero-order valence-electron chi connectivity index (χ0n) is 19.8. The topological polar surface area (TPSA) is 134 Å². The molecule has 0 bridgehead atoms. The third kappa shape index (κ3) is 7.36. The summed E-state index contributed by atoms with van der Waals surface area (Å²) in [5.74, 6) is -0.672. The van der Waals surface area contributed by atoms with E-state index >= 15 is 0 Å². The molecule has 2 amide bonds. The van der Waals surface area contributed by atoms with Crippen molar-refractivity contribution in [3.63, 3.8) is 0 Å². The zero-order valence-corrected chi connectivity index (χ0v) is 17.8. The van der Waals surface area contributed by atoms with Crippen LogP contribution in [0.1, 0.15) is 34.0 Å². The maximum absolute atomic E-state index is 13.5. The Morgan fingerprint density at radius 3 is 2.74 bits per heavy atom. The van der Waals surface area contributed by atoms with Crippen LogP contribution in [0.3, 0.4) is 0 Å². The number of nitrogens with one attached hydrogen (secondary N) is 1. The summed E-state index contributed by atoms with van der Waals surface area (Å²) in [5.41, 5.74) is 11.5. The lowest BCUT2D eigenvalue weighted by Crippen LogP contribution is -2.54. The summed E-state index contributed by atoms with van der Waals surface area (Å²) in [6.45, 7) is 0.774. The van der Waals surface area contributed by atoms with E-state index in [9.17, 15) is 14.4 Å². The van der Waals surface area contributed by atoms with Gasteiger partial charge in [-0.15, -0.1) is 0 Å². The number of carbonyl (C=O) groups is 3. The molecule has 31 heavy (non-hydrogen) atoms. The molecule has 0 saturated carbocycles. The Morgan fingerprint density at radius 2 is 2.10 bits per heavy atom. The smallest absolute Gasteiger partial charge is 0.243 e. The van der Waals surface area contributed by atoms with Gasteiger partial charge in [0.25, 0.3) is 0 Å². The van der Waals surface area contributed by atoms with Crippen LogP contribution in [0.15, 0.2) is 35.3 Å². The molecular formula is C22H34N6O3. The second-order valence-corrected chi connectivity index (χ2v) is 7.68. The number of guanidine groups is 1. The van der Waals surface area contributed by atoms with E-state index in [0.29, 0.717) is 51.5 Å². The first-order valence-electron chi connectivity index (χ1n) is 11.8. The quantitative estimate of drug-likeness (QED) is 0.193. The van der Waals surface area contributed by atoms with E-state index in [0.717, 1.165) is 5.56 Å². The monoisotopic (exact) mass is 432 g/mol. The Balaban J connectivity index is 2.08. The van der Waals surface area contributed by atoms with E-state index in [4.69, 9.17) is 14.2 Å². The maximum atomic E-state index is 13.5. The molecule has 1 heterocycles. The van der Waals surface area contributed by atoms with Crippen LogP contribution in [-0.4, -0.2) is 79.1 Å². The highest BCUT2D eigenvalue weighted by molar-refractivity contribution is 5.91. The molecule has 170 valence electrons. The Hall–Kier alpha value is -2.94. The lowest BCUT2D eigenvalue weighted by Gasteiger charge is -2.32. The third-order valence-corrected chi connectivity index (χ3v) is 5.30. The molecule has 2 rings (SSSR count). The van der Waals surface area contributed by atoms with Crippen molar-refractivity contribution < 1.29 is 17.1 Å². The van der Waals surface area contributed by atoms with Gasteiger partial charge in [-0.1, -0.05) is 30.3 Å². The minimum Gasteiger partial charge on any atom is -0.370 e. The normalized spacial score (nSPS) is 18.6. The fourth-order valence-electron chi connectivity index (χ4n) is 3.68. The summed E-state index contributed by atoms with van der Waals surface area (Å²) in [5, 5.41) is 2.73. The van der Waals surface area contributed by atoms with Crippen LogP contribution >= 0.6 is 0 Å². The first kappa shape index (κ1) is 21.3. The van der Waals surface area contributed by atoms with Gasteiger partial charge < -0.3 is 26.5 Å². The van der Waals surface area contributed by atoms with Crippen molar-refractivity contribution in [2.45, 2.75) is 50.2 Å². The largest absolute Gasteiger partial charge is 0.370 e. The summed E-state index contributed by atoms with van der Waals surface area (Å²) in [4.78, 5) is 44.7. The minimum atomic E-state index is -0.711. The summed E-state index contributed by atoms with van der Waals surface area (Å²) >= 11 is 0. The Kier molecular flexibility index (Phi) is 8.28. The predicted octanol–water partition coefficient (Wildman–Crippen LogP) is -0.112. The predicted molar refractivity (Wildman–Crippen MR) is 120 cm³/mol. The molecule has 0 spiro atoms. The van der Waals surface area contributed by atoms with Crippen molar-refractivity contribution in [3.8, 4) is 0 Å². The van der Waals surface area contributed by atoms with E-state index in [1.807, 2.05) is 30.3 Å². The highest BCUT2D eigenvalue weighted by Crippen LogP contribution is 2.21. The number of amides is 2. The Morgan fingerprint density at radius 1 is 1.35 bits per heavy atom. The second-order valence-electron chi connectivity index (χ2n) is 7.68. The number of aliphatic imine (C=N–C) groups is 1. The van der Waals surface area contributed by atoms with Gasteiger partial charge in [0.15, 0.2) is 5.96 Å². The fraction of sp³-hybridized carbons (Fsp3) is 0.545. The SMILES string of the molecule is [2H]CN(C[2H])[C@@H](Cc1ccccc1)C(=O)N1CCC[C@H]1C(=O)N[C@H](C=O)CCCN=C(N)N.